The number of ether oxygens (including phenoxy) is 1. The van der Waals surface area contributed by atoms with Crippen LogP contribution in [0.2, 0.25) is 5.02 Å². The summed E-state index contributed by atoms with van der Waals surface area (Å²) in [6.45, 7) is 3.32. The molecule has 6 nitrogen and oxygen atoms in total. The average Bonchev–Trinajstić information content (AvgIpc) is 2.47. The number of carbonyl (C=O) groups excluding carboxylic acids is 3. The fourth-order valence-corrected chi connectivity index (χ4v) is 2.24. The van der Waals surface area contributed by atoms with Gasteiger partial charge in [-0.1, -0.05) is 11.6 Å². The lowest BCUT2D eigenvalue weighted by Crippen LogP contribution is -2.34. The summed E-state index contributed by atoms with van der Waals surface area (Å²) >= 11 is 6.86. The Morgan fingerprint density at radius 3 is 2.39 bits per heavy atom. The third-order valence-corrected chi connectivity index (χ3v) is 3.55. The van der Waals surface area contributed by atoms with Gasteiger partial charge in [0.1, 0.15) is 0 Å². The molecule has 0 atom stereocenters. The van der Waals surface area contributed by atoms with Crippen LogP contribution in [0.25, 0.3) is 0 Å². The normalized spacial score (nSPS) is 10.3. The van der Waals surface area contributed by atoms with E-state index >= 15 is 0 Å². The van der Waals surface area contributed by atoms with Crippen molar-refractivity contribution >= 4 is 46.8 Å². The molecule has 0 unspecified atom stereocenters. The van der Waals surface area contributed by atoms with Crippen LogP contribution in [0.5, 0.6) is 0 Å². The largest absolute Gasteiger partial charge is 0.455 e. The number of hydrogen-bond acceptors (Lipinski definition) is 5. The number of carbonyl (C=O) groups is 3. The Bertz CT molecular complexity index is 549. The van der Waals surface area contributed by atoms with Crippen molar-refractivity contribution in [2.24, 2.45) is 0 Å². The van der Waals surface area contributed by atoms with Gasteiger partial charge in [-0.3, -0.25) is 14.4 Å². The molecule has 1 rings (SSSR count). The molecule has 0 aliphatic rings. The summed E-state index contributed by atoms with van der Waals surface area (Å²) in [7, 11) is 0. The van der Waals surface area contributed by atoms with E-state index in [1.165, 1.54) is 0 Å². The molecule has 0 heterocycles. The second-order valence-electron chi connectivity index (χ2n) is 4.93. The minimum Gasteiger partial charge on any atom is -0.455 e. The van der Waals surface area contributed by atoms with Gasteiger partial charge in [0.25, 0.3) is 5.91 Å². The van der Waals surface area contributed by atoms with E-state index in [2.05, 4.69) is 10.6 Å². The molecular weight excluding hydrogens is 340 g/mol. The highest BCUT2D eigenvalue weighted by Crippen LogP contribution is 2.13. The Kier molecular flexibility index (Phi) is 8.50. The van der Waals surface area contributed by atoms with Crippen LogP contribution < -0.4 is 10.6 Å². The van der Waals surface area contributed by atoms with Crippen molar-refractivity contribution in [2.75, 3.05) is 23.4 Å². The molecule has 0 aliphatic heterocycles. The average molecular weight is 359 g/mol. The SMILES string of the molecule is CC(C)NC(=O)COC(=O)CSCC(=O)Nc1ccc(Cl)cc1. The molecule has 2 amide bonds. The first-order valence-electron chi connectivity index (χ1n) is 6.95. The third kappa shape index (κ3) is 9.10. The topological polar surface area (TPSA) is 84.5 Å². The van der Waals surface area contributed by atoms with Gasteiger partial charge in [-0.25, -0.2) is 0 Å². The van der Waals surface area contributed by atoms with Gasteiger partial charge < -0.3 is 15.4 Å². The van der Waals surface area contributed by atoms with E-state index in [4.69, 9.17) is 16.3 Å². The maximum Gasteiger partial charge on any atom is 0.316 e. The van der Waals surface area contributed by atoms with Gasteiger partial charge >= 0.3 is 5.97 Å². The number of anilines is 1. The highest BCUT2D eigenvalue weighted by Gasteiger charge is 2.10. The van der Waals surface area contributed by atoms with E-state index in [1.54, 1.807) is 24.3 Å². The Morgan fingerprint density at radius 1 is 1.13 bits per heavy atom. The Labute approximate surface area is 144 Å². The molecule has 0 aliphatic carbocycles. The quantitative estimate of drug-likeness (QED) is 0.695. The van der Waals surface area contributed by atoms with E-state index in [-0.39, 0.29) is 36.0 Å². The molecule has 1 aromatic rings. The van der Waals surface area contributed by atoms with Crippen LogP contribution in [0.3, 0.4) is 0 Å². The van der Waals surface area contributed by atoms with Crippen LogP contribution in [0, 0.1) is 0 Å². The fraction of sp³-hybridized carbons (Fsp3) is 0.400. The van der Waals surface area contributed by atoms with Crippen molar-refractivity contribution in [3.63, 3.8) is 0 Å². The predicted octanol–water partition coefficient (Wildman–Crippen LogP) is 2.08. The van der Waals surface area contributed by atoms with Gasteiger partial charge in [0.05, 0.1) is 11.5 Å². The van der Waals surface area contributed by atoms with Crippen LogP contribution in [0.15, 0.2) is 24.3 Å². The first-order chi connectivity index (χ1) is 10.9. The molecule has 0 bridgehead atoms. The van der Waals surface area contributed by atoms with E-state index < -0.39 is 5.97 Å². The minimum absolute atomic E-state index is 0.00297. The zero-order valence-electron chi connectivity index (χ0n) is 12.9. The van der Waals surface area contributed by atoms with E-state index in [9.17, 15) is 14.4 Å². The third-order valence-electron chi connectivity index (χ3n) is 2.39. The van der Waals surface area contributed by atoms with E-state index in [0.717, 1.165) is 11.8 Å². The Balaban J connectivity index is 2.17. The van der Waals surface area contributed by atoms with Crippen LogP contribution in [0.1, 0.15) is 13.8 Å². The van der Waals surface area contributed by atoms with Gasteiger partial charge in [0.2, 0.25) is 5.91 Å². The van der Waals surface area contributed by atoms with Gasteiger partial charge in [0, 0.05) is 16.8 Å². The molecule has 0 radical (unpaired) electrons. The lowest BCUT2D eigenvalue weighted by molar-refractivity contribution is -0.146. The number of amides is 2. The molecule has 126 valence electrons. The molecule has 8 heteroatoms. The summed E-state index contributed by atoms with van der Waals surface area (Å²) in [6, 6.07) is 6.71. The Morgan fingerprint density at radius 2 is 1.78 bits per heavy atom. The van der Waals surface area contributed by atoms with Crippen LogP contribution in [0.4, 0.5) is 5.69 Å². The van der Waals surface area contributed by atoms with Crippen molar-refractivity contribution < 1.29 is 19.1 Å². The maximum absolute atomic E-state index is 11.7. The molecular formula is C15H19ClN2O4S. The molecule has 0 spiro atoms. The molecule has 1 aromatic carbocycles. The number of benzene rings is 1. The second kappa shape index (κ2) is 10.1. The summed E-state index contributed by atoms with van der Waals surface area (Å²) in [5, 5.41) is 5.87. The number of halogens is 1. The lowest BCUT2D eigenvalue weighted by Gasteiger charge is -2.09. The number of thioether (sulfide) groups is 1. The summed E-state index contributed by atoms with van der Waals surface area (Å²) < 4.78 is 4.80. The van der Waals surface area contributed by atoms with Crippen molar-refractivity contribution in [3.05, 3.63) is 29.3 Å². The highest BCUT2D eigenvalue weighted by molar-refractivity contribution is 8.00. The molecule has 0 saturated carbocycles. The number of hydrogen-bond donors (Lipinski definition) is 2. The monoisotopic (exact) mass is 358 g/mol. The zero-order valence-corrected chi connectivity index (χ0v) is 14.5. The minimum atomic E-state index is -0.534. The smallest absolute Gasteiger partial charge is 0.316 e. The van der Waals surface area contributed by atoms with Crippen LogP contribution >= 0.6 is 23.4 Å². The highest BCUT2D eigenvalue weighted by atomic mass is 35.5. The van der Waals surface area contributed by atoms with Crippen LogP contribution in [-0.2, 0) is 19.1 Å². The number of esters is 1. The van der Waals surface area contributed by atoms with Crippen molar-refractivity contribution in [2.45, 2.75) is 19.9 Å². The summed E-state index contributed by atoms with van der Waals surface area (Å²) in [5.74, 6) is -1.01. The van der Waals surface area contributed by atoms with E-state index in [1.807, 2.05) is 13.8 Å². The van der Waals surface area contributed by atoms with Gasteiger partial charge in [-0.2, -0.15) is 0 Å². The molecule has 0 saturated heterocycles. The van der Waals surface area contributed by atoms with Gasteiger partial charge in [-0.15, -0.1) is 11.8 Å². The summed E-state index contributed by atoms with van der Waals surface area (Å²) in [5.41, 5.74) is 0.632. The maximum atomic E-state index is 11.7. The summed E-state index contributed by atoms with van der Waals surface area (Å²) in [6.07, 6.45) is 0. The van der Waals surface area contributed by atoms with E-state index in [0.29, 0.717) is 10.7 Å². The standard InChI is InChI=1S/C15H19ClN2O4S/c1-10(2)17-13(19)7-22-15(21)9-23-8-14(20)18-12-5-3-11(16)4-6-12/h3-6,10H,7-9H2,1-2H3,(H,17,19)(H,18,20). The lowest BCUT2D eigenvalue weighted by atomic mass is 10.3. The van der Waals surface area contributed by atoms with Gasteiger partial charge in [-0.05, 0) is 38.1 Å². The Hall–Kier alpha value is -1.73. The second-order valence-corrected chi connectivity index (χ2v) is 6.35. The molecule has 2 N–H and O–H groups in total. The number of rotatable bonds is 8. The zero-order chi connectivity index (χ0) is 17.2. The summed E-state index contributed by atoms with van der Waals surface area (Å²) in [4.78, 5) is 34.4. The van der Waals surface area contributed by atoms with Crippen molar-refractivity contribution in [1.82, 2.24) is 5.32 Å². The first kappa shape index (κ1) is 19.3. The molecule has 0 fully saturated rings. The van der Waals surface area contributed by atoms with Crippen molar-refractivity contribution in [1.29, 1.82) is 0 Å². The first-order valence-corrected chi connectivity index (χ1v) is 8.48. The fourth-order valence-electron chi connectivity index (χ4n) is 1.51. The molecule has 0 aromatic heterocycles. The number of nitrogens with one attached hydrogen (secondary N) is 2. The van der Waals surface area contributed by atoms with Gasteiger partial charge in [0.15, 0.2) is 6.61 Å². The van der Waals surface area contributed by atoms with Crippen LogP contribution in [-0.4, -0.2) is 41.9 Å². The predicted molar refractivity (Wildman–Crippen MR) is 91.6 cm³/mol. The van der Waals surface area contributed by atoms with Crippen molar-refractivity contribution in [3.8, 4) is 0 Å². The molecule has 23 heavy (non-hydrogen) atoms.